The zero-order valence-corrected chi connectivity index (χ0v) is 16.4. The lowest BCUT2D eigenvalue weighted by atomic mass is 10.1. The van der Waals surface area contributed by atoms with Crippen LogP contribution in [0, 0.1) is 19.7 Å². The van der Waals surface area contributed by atoms with Crippen molar-refractivity contribution in [2.24, 2.45) is 0 Å². The molecule has 0 saturated carbocycles. The van der Waals surface area contributed by atoms with Gasteiger partial charge in [-0.1, -0.05) is 0 Å². The Balaban J connectivity index is 1.93. The van der Waals surface area contributed by atoms with Crippen LogP contribution in [0.3, 0.4) is 0 Å². The zero-order valence-electron chi connectivity index (χ0n) is 16.4. The number of aromatic amines is 1. The molecule has 0 unspecified atom stereocenters. The standard InChI is InChI=1S/C21H16F4N4O2/c1-11-7-14(22)3-4-16(11)28-10-29(17-5-6-18(30)27-12(17)2)20(31)15-8-13(21(23,24)25)9-26-19(15)28/h3-9H,10H2,1-2H3,(H,27,30). The molecule has 4 rings (SSSR count). The van der Waals surface area contributed by atoms with Crippen LogP contribution in [0.25, 0.3) is 0 Å². The minimum atomic E-state index is -4.69. The number of nitrogens with one attached hydrogen (secondary N) is 1. The van der Waals surface area contributed by atoms with E-state index in [-0.39, 0.29) is 23.6 Å². The number of carbonyl (C=O) groups is 1. The number of amides is 1. The molecule has 160 valence electrons. The molecule has 0 spiro atoms. The fourth-order valence-corrected chi connectivity index (χ4v) is 3.56. The number of carbonyl (C=O) groups excluding carboxylic acids is 1. The normalized spacial score (nSPS) is 14.1. The number of nitrogens with zero attached hydrogens (tertiary/aromatic N) is 3. The Hall–Kier alpha value is -3.69. The third-order valence-corrected chi connectivity index (χ3v) is 5.04. The highest BCUT2D eigenvalue weighted by Crippen LogP contribution is 2.39. The number of fused-ring (bicyclic) bond motifs is 1. The van der Waals surface area contributed by atoms with Gasteiger partial charge in [0.2, 0.25) is 5.56 Å². The largest absolute Gasteiger partial charge is 0.417 e. The van der Waals surface area contributed by atoms with Crippen molar-refractivity contribution >= 4 is 23.1 Å². The lowest BCUT2D eigenvalue weighted by Crippen LogP contribution is -2.46. The second kappa shape index (κ2) is 7.22. The van der Waals surface area contributed by atoms with Crippen LogP contribution in [-0.2, 0) is 6.18 Å². The molecule has 2 aromatic heterocycles. The van der Waals surface area contributed by atoms with Crippen LogP contribution < -0.4 is 15.4 Å². The van der Waals surface area contributed by atoms with Crippen molar-refractivity contribution in [2.45, 2.75) is 20.0 Å². The van der Waals surface area contributed by atoms with Crippen LogP contribution >= 0.6 is 0 Å². The van der Waals surface area contributed by atoms with Crippen LogP contribution in [0.15, 0.2) is 47.4 Å². The van der Waals surface area contributed by atoms with E-state index in [0.717, 1.165) is 6.07 Å². The maximum atomic E-state index is 13.6. The SMILES string of the molecule is Cc1cc(F)ccc1N1CN(c2ccc(=O)[nH]c2C)C(=O)c2cc(C(F)(F)F)cnc21. The molecule has 3 heterocycles. The van der Waals surface area contributed by atoms with Gasteiger partial charge in [0.1, 0.15) is 18.3 Å². The van der Waals surface area contributed by atoms with Gasteiger partial charge < -0.3 is 9.88 Å². The van der Waals surface area contributed by atoms with Crippen molar-refractivity contribution in [1.29, 1.82) is 0 Å². The molecule has 1 N–H and O–H groups in total. The average Bonchev–Trinajstić information content (AvgIpc) is 2.68. The molecule has 0 bridgehead atoms. The first-order valence-corrected chi connectivity index (χ1v) is 9.19. The third kappa shape index (κ3) is 3.65. The molecule has 0 atom stereocenters. The summed E-state index contributed by atoms with van der Waals surface area (Å²) in [7, 11) is 0. The minimum Gasteiger partial charge on any atom is -0.324 e. The number of H-pyrrole nitrogens is 1. The van der Waals surface area contributed by atoms with Crippen molar-refractivity contribution in [1.82, 2.24) is 9.97 Å². The van der Waals surface area contributed by atoms with E-state index in [2.05, 4.69) is 9.97 Å². The second-order valence-corrected chi connectivity index (χ2v) is 7.16. The summed E-state index contributed by atoms with van der Waals surface area (Å²) in [5, 5.41) is 0. The molecule has 1 aliphatic rings. The molecule has 0 fully saturated rings. The topological polar surface area (TPSA) is 69.3 Å². The maximum absolute atomic E-state index is 13.6. The summed E-state index contributed by atoms with van der Waals surface area (Å²) < 4.78 is 53.5. The summed E-state index contributed by atoms with van der Waals surface area (Å²) in [5.74, 6) is -1.13. The first-order valence-electron chi connectivity index (χ1n) is 9.19. The van der Waals surface area contributed by atoms with E-state index in [9.17, 15) is 27.2 Å². The molecule has 3 aromatic rings. The molecular weight excluding hydrogens is 416 g/mol. The fraction of sp³-hybridized carbons (Fsp3) is 0.190. The average molecular weight is 432 g/mol. The van der Waals surface area contributed by atoms with Gasteiger partial charge in [0.25, 0.3) is 5.91 Å². The van der Waals surface area contributed by atoms with Crippen LogP contribution in [0.1, 0.15) is 27.2 Å². The lowest BCUT2D eigenvalue weighted by molar-refractivity contribution is -0.137. The predicted molar refractivity (Wildman–Crippen MR) is 106 cm³/mol. The number of aromatic nitrogens is 2. The van der Waals surface area contributed by atoms with Gasteiger partial charge >= 0.3 is 6.18 Å². The van der Waals surface area contributed by atoms with Crippen molar-refractivity contribution in [3.05, 3.63) is 81.2 Å². The van der Waals surface area contributed by atoms with E-state index in [4.69, 9.17) is 0 Å². The van der Waals surface area contributed by atoms with Crippen LogP contribution in [0.4, 0.5) is 34.8 Å². The van der Waals surface area contributed by atoms with Crippen LogP contribution in [0.2, 0.25) is 0 Å². The molecule has 1 aromatic carbocycles. The monoisotopic (exact) mass is 432 g/mol. The van der Waals surface area contributed by atoms with Gasteiger partial charge in [-0.15, -0.1) is 0 Å². The van der Waals surface area contributed by atoms with Crippen molar-refractivity contribution in [3.8, 4) is 0 Å². The van der Waals surface area contributed by atoms with Crippen molar-refractivity contribution < 1.29 is 22.4 Å². The molecule has 1 aliphatic heterocycles. The quantitative estimate of drug-likeness (QED) is 0.613. The maximum Gasteiger partial charge on any atom is 0.417 e. The Morgan fingerprint density at radius 1 is 1.00 bits per heavy atom. The molecule has 0 saturated heterocycles. The first-order chi connectivity index (χ1) is 14.6. The van der Waals surface area contributed by atoms with E-state index in [1.807, 2.05) is 0 Å². The summed E-state index contributed by atoms with van der Waals surface area (Å²) in [6, 6.07) is 7.38. The third-order valence-electron chi connectivity index (χ3n) is 5.04. The zero-order chi connectivity index (χ0) is 22.5. The number of halogens is 4. The molecule has 10 heteroatoms. The Bertz CT molecular complexity index is 1250. The highest BCUT2D eigenvalue weighted by atomic mass is 19.4. The highest BCUT2D eigenvalue weighted by molar-refractivity contribution is 6.12. The van der Waals surface area contributed by atoms with Crippen molar-refractivity contribution in [2.75, 3.05) is 16.5 Å². The number of rotatable bonds is 2. The summed E-state index contributed by atoms with van der Waals surface area (Å²) >= 11 is 0. The summed E-state index contributed by atoms with van der Waals surface area (Å²) in [6.07, 6.45) is -4.02. The molecule has 0 aliphatic carbocycles. The molecule has 0 radical (unpaired) electrons. The van der Waals surface area contributed by atoms with Crippen molar-refractivity contribution in [3.63, 3.8) is 0 Å². The number of hydrogen-bond donors (Lipinski definition) is 1. The second-order valence-electron chi connectivity index (χ2n) is 7.16. The van der Waals surface area contributed by atoms with Crippen LogP contribution in [0.5, 0.6) is 0 Å². The Morgan fingerprint density at radius 3 is 2.35 bits per heavy atom. The number of alkyl halides is 3. The van der Waals surface area contributed by atoms with E-state index in [0.29, 0.717) is 28.8 Å². The number of benzene rings is 1. The lowest BCUT2D eigenvalue weighted by Gasteiger charge is -2.38. The van der Waals surface area contributed by atoms with E-state index in [1.54, 1.807) is 13.8 Å². The van der Waals surface area contributed by atoms with E-state index in [1.165, 1.54) is 40.1 Å². The fourth-order valence-electron chi connectivity index (χ4n) is 3.56. The van der Waals surface area contributed by atoms with Gasteiger partial charge in [-0.05, 0) is 49.7 Å². The smallest absolute Gasteiger partial charge is 0.324 e. The summed E-state index contributed by atoms with van der Waals surface area (Å²) in [4.78, 5) is 34.1. The van der Waals surface area contributed by atoms with E-state index < -0.39 is 23.5 Å². The van der Waals surface area contributed by atoms with Gasteiger partial charge in [-0.25, -0.2) is 9.37 Å². The Labute approximate surface area is 173 Å². The summed E-state index contributed by atoms with van der Waals surface area (Å²) in [5.41, 5.74) is 0.0104. The highest BCUT2D eigenvalue weighted by Gasteiger charge is 2.38. The minimum absolute atomic E-state index is 0.0334. The van der Waals surface area contributed by atoms with Gasteiger partial charge in [-0.2, -0.15) is 13.2 Å². The Kier molecular flexibility index (Phi) is 4.79. The molecular formula is C21H16F4N4O2. The van der Waals surface area contributed by atoms with E-state index >= 15 is 0 Å². The molecule has 31 heavy (non-hydrogen) atoms. The Morgan fingerprint density at radius 2 is 1.71 bits per heavy atom. The predicted octanol–water partition coefficient (Wildman–Crippen LogP) is 4.30. The van der Waals surface area contributed by atoms with Gasteiger partial charge in [-0.3, -0.25) is 14.5 Å². The first kappa shape index (κ1) is 20.6. The number of aryl methyl sites for hydroxylation is 2. The number of hydrogen-bond acceptors (Lipinski definition) is 4. The van der Waals surface area contributed by atoms with Gasteiger partial charge in [0, 0.05) is 23.6 Å². The molecule has 1 amide bonds. The van der Waals surface area contributed by atoms with Gasteiger partial charge in [0.15, 0.2) is 0 Å². The number of pyridine rings is 2. The van der Waals surface area contributed by atoms with Crippen LogP contribution in [-0.4, -0.2) is 22.5 Å². The van der Waals surface area contributed by atoms with Gasteiger partial charge in [0.05, 0.1) is 16.8 Å². The summed E-state index contributed by atoms with van der Waals surface area (Å²) in [6.45, 7) is 3.13. The molecule has 6 nitrogen and oxygen atoms in total. The number of anilines is 3.